The molecule has 1 aliphatic rings. The van der Waals surface area contributed by atoms with E-state index in [1.807, 2.05) is 19.9 Å². The topological polar surface area (TPSA) is 97.6 Å². The van der Waals surface area contributed by atoms with Crippen LogP contribution < -0.4 is 10.6 Å². The monoisotopic (exact) mass is 467 g/mol. The Bertz CT molecular complexity index is 1270. The van der Waals surface area contributed by atoms with Crippen LogP contribution in [0.1, 0.15) is 69.2 Å². The van der Waals surface area contributed by atoms with Crippen LogP contribution in [0.2, 0.25) is 0 Å². The normalized spacial score (nSPS) is 14.2. The first-order valence-corrected chi connectivity index (χ1v) is 11.3. The number of pyridine rings is 1. The van der Waals surface area contributed by atoms with Gasteiger partial charge < -0.3 is 15.4 Å². The fourth-order valence-corrected chi connectivity index (χ4v) is 3.71. The van der Waals surface area contributed by atoms with Crippen LogP contribution in [-0.4, -0.2) is 38.2 Å². The third-order valence-electron chi connectivity index (χ3n) is 5.61. The summed E-state index contributed by atoms with van der Waals surface area (Å²) in [6.45, 7) is 10.7. The third kappa shape index (κ3) is 5.03. The number of aromatic nitrogens is 3. The summed E-state index contributed by atoms with van der Waals surface area (Å²) in [6, 6.07) is 6.75. The molecule has 2 N–H and O–H groups in total. The number of hydrogen-bond donors (Lipinski definition) is 2. The molecule has 3 aromatic rings. The average molecular weight is 468 g/mol. The molecule has 1 fully saturated rings. The van der Waals surface area contributed by atoms with E-state index in [1.165, 1.54) is 6.07 Å². The predicted octanol–water partition coefficient (Wildman–Crippen LogP) is 4.50. The number of carbonyl (C=O) groups excluding carboxylic acids is 2. The van der Waals surface area contributed by atoms with Gasteiger partial charge in [0, 0.05) is 17.8 Å². The molecule has 0 bridgehead atoms. The number of alkyl carbamates (subject to hydrolysis) is 1. The lowest BCUT2D eigenvalue weighted by molar-refractivity contribution is 0.0465. The van der Waals surface area contributed by atoms with Gasteiger partial charge in [0.15, 0.2) is 11.5 Å². The molecule has 34 heavy (non-hydrogen) atoms. The molecule has 2 amide bonds. The molecule has 2 heterocycles. The zero-order valence-electron chi connectivity index (χ0n) is 20.3. The van der Waals surface area contributed by atoms with Crippen molar-refractivity contribution in [2.75, 3.05) is 0 Å². The van der Waals surface area contributed by atoms with Gasteiger partial charge in [0.25, 0.3) is 5.91 Å². The van der Waals surface area contributed by atoms with E-state index in [-0.39, 0.29) is 17.5 Å². The van der Waals surface area contributed by atoms with Crippen molar-refractivity contribution in [2.24, 2.45) is 0 Å². The van der Waals surface area contributed by atoms with Gasteiger partial charge in [0.1, 0.15) is 11.4 Å². The van der Waals surface area contributed by atoms with Gasteiger partial charge in [-0.3, -0.25) is 9.20 Å². The minimum Gasteiger partial charge on any atom is -0.444 e. The second-order valence-corrected chi connectivity index (χ2v) is 10.3. The van der Waals surface area contributed by atoms with Crippen LogP contribution in [0.4, 0.5) is 9.18 Å². The summed E-state index contributed by atoms with van der Waals surface area (Å²) in [5, 5.41) is 14.3. The molecular formula is C25H30FN5O3. The number of nitrogens with one attached hydrogen (secondary N) is 2. The van der Waals surface area contributed by atoms with E-state index in [9.17, 15) is 14.0 Å². The van der Waals surface area contributed by atoms with Gasteiger partial charge >= 0.3 is 6.09 Å². The van der Waals surface area contributed by atoms with E-state index in [2.05, 4.69) is 20.8 Å². The van der Waals surface area contributed by atoms with Gasteiger partial charge in [-0.05, 0) is 95.3 Å². The molecule has 9 heteroatoms. The highest BCUT2D eigenvalue weighted by Crippen LogP contribution is 2.29. The van der Waals surface area contributed by atoms with Crippen molar-refractivity contribution < 1.29 is 18.7 Å². The Morgan fingerprint density at radius 1 is 1.12 bits per heavy atom. The summed E-state index contributed by atoms with van der Waals surface area (Å²) in [5.41, 5.74) is 1.08. The van der Waals surface area contributed by atoms with Crippen LogP contribution >= 0.6 is 0 Å². The fraction of sp³-hybridized carbons (Fsp3) is 0.440. The summed E-state index contributed by atoms with van der Waals surface area (Å²) in [5.74, 6) is -0.202. The van der Waals surface area contributed by atoms with E-state index in [1.54, 1.807) is 50.4 Å². The molecular weight excluding hydrogens is 437 g/mol. The Kier molecular flexibility index (Phi) is 5.83. The predicted molar refractivity (Wildman–Crippen MR) is 126 cm³/mol. The second-order valence-electron chi connectivity index (χ2n) is 10.3. The van der Waals surface area contributed by atoms with Gasteiger partial charge in [0.05, 0.1) is 5.54 Å². The molecule has 0 spiro atoms. The van der Waals surface area contributed by atoms with E-state index in [4.69, 9.17) is 4.74 Å². The number of fused-ring (bicyclic) bond motifs is 1. The second kappa shape index (κ2) is 8.38. The summed E-state index contributed by atoms with van der Waals surface area (Å²) >= 11 is 0. The Morgan fingerprint density at radius 3 is 2.47 bits per heavy atom. The molecule has 0 saturated heterocycles. The lowest BCUT2D eigenvalue weighted by Gasteiger charge is -2.27. The number of ether oxygens (including phenoxy) is 1. The summed E-state index contributed by atoms with van der Waals surface area (Å²) in [7, 11) is 0. The van der Waals surface area contributed by atoms with Crippen LogP contribution in [0.3, 0.4) is 0 Å². The highest BCUT2D eigenvalue weighted by molar-refractivity contribution is 5.96. The maximum Gasteiger partial charge on any atom is 0.408 e. The van der Waals surface area contributed by atoms with E-state index in [0.29, 0.717) is 28.2 Å². The van der Waals surface area contributed by atoms with Crippen LogP contribution in [-0.2, 0) is 10.3 Å². The lowest BCUT2D eigenvalue weighted by Crippen LogP contribution is -2.44. The van der Waals surface area contributed by atoms with Crippen molar-refractivity contribution in [3.05, 3.63) is 53.2 Å². The standard InChI is InChI=1S/C25H30FN5O3/c1-14-18(11-16(12-19(14)26)21(32)27-17-7-8-17)15-9-10-31-20(13-15)29-30-22(31)25(5,6)28-23(33)34-24(2,3)4/h9-13,17H,7-8H2,1-6H3,(H,27,32)(H,28,33). The molecule has 1 saturated carbocycles. The first kappa shape index (κ1) is 23.7. The van der Waals surface area contributed by atoms with Crippen LogP contribution in [0.5, 0.6) is 0 Å². The Hall–Kier alpha value is -3.49. The first-order valence-electron chi connectivity index (χ1n) is 11.3. The Balaban J connectivity index is 1.65. The number of amides is 2. The summed E-state index contributed by atoms with van der Waals surface area (Å²) in [4.78, 5) is 24.8. The fourth-order valence-electron chi connectivity index (χ4n) is 3.71. The van der Waals surface area contributed by atoms with Crippen molar-refractivity contribution in [1.29, 1.82) is 0 Å². The quantitative estimate of drug-likeness (QED) is 0.576. The number of benzene rings is 1. The number of rotatable bonds is 5. The molecule has 1 aromatic carbocycles. The van der Waals surface area contributed by atoms with Crippen LogP contribution in [0.25, 0.3) is 16.8 Å². The average Bonchev–Trinajstić information content (AvgIpc) is 3.42. The third-order valence-corrected chi connectivity index (χ3v) is 5.61. The lowest BCUT2D eigenvalue weighted by atomic mass is 9.97. The number of hydrogen-bond acceptors (Lipinski definition) is 5. The number of halogens is 1. The van der Waals surface area contributed by atoms with E-state index >= 15 is 0 Å². The van der Waals surface area contributed by atoms with Crippen molar-refractivity contribution in [1.82, 2.24) is 25.2 Å². The molecule has 0 atom stereocenters. The molecule has 0 aliphatic heterocycles. The van der Waals surface area contributed by atoms with Crippen LogP contribution in [0, 0.1) is 12.7 Å². The number of carbonyl (C=O) groups is 2. The zero-order valence-corrected chi connectivity index (χ0v) is 20.3. The largest absolute Gasteiger partial charge is 0.444 e. The maximum absolute atomic E-state index is 14.7. The van der Waals surface area contributed by atoms with Crippen molar-refractivity contribution in [3.8, 4) is 11.1 Å². The molecule has 2 aromatic heterocycles. The van der Waals surface area contributed by atoms with E-state index in [0.717, 1.165) is 12.8 Å². The van der Waals surface area contributed by atoms with Gasteiger partial charge in [-0.15, -0.1) is 10.2 Å². The minimum atomic E-state index is -0.869. The first-order chi connectivity index (χ1) is 15.8. The van der Waals surface area contributed by atoms with Crippen molar-refractivity contribution in [2.45, 2.75) is 71.6 Å². The molecule has 180 valence electrons. The number of nitrogens with zero attached hydrogens (tertiary/aromatic N) is 3. The van der Waals surface area contributed by atoms with Gasteiger partial charge in [-0.25, -0.2) is 9.18 Å². The maximum atomic E-state index is 14.7. The smallest absolute Gasteiger partial charge is 0.408 e. The minimum absolute atomic E-state index is 0.184. The molecule has 4 rings (SSSR count). The highest BCUT2D eigenvalue weighted by Gasteiger charge is 2.31. The Morgan fingerprint density at radius 2 is 1.82 bits per heavy atom. The molecule has 8 nitrogen and oxygen atoms in total. The molecule has 0 radical (unpaired) electrons. The van der Waals surface area contributed by atoms with Gasteiger partial charge in [0.2, 0.25) is 0 Å². The Labute approximate surface area is 197 Å². The van der Waals surface area contributed by atoms with E-state index < -0.39 is 23.1 Å². The summed E-state index contributed by atoms with van der Waals surface area (Å²) < 4.78 is 21.8. The van der Waals surface area contributed by atoms with Crippen molar-refractivity contribution >= 4 is 17.6 Å². The van der Waals surface area contributed by atoms with Crippen LogP contribution in [0.15, 0.2) is 30.5 Å². The van der Waals surface area contributed by atoms with Gasteiger partial charge in [-0.2, -0.15) is 0 Å². The SMILES string of the molecule is Cc1c(F)cc(C(=O)NC2CC2)cc1-c1ccn2c(C(C)(C)NC(=O)OC(C)(C)C)nnc2c1. The molecule has 1 aliphatic carbocycles. The van der Waals surface area contributed by atoms with Gasteiger partial charge in [-0.1, -0.05) is 0 Å². The van der Waals surface area contributed by atoms with Crippen molar-refractivity contribution in [3.63, 3.8) is 0 Å². The highest BCUT2D eigenvalue weighted by atomic mass is 19.1. The molecule has 0 unspecified atom stereocenters. The summed E-state index contributed by atoms with van der Waals surface area (Å²) in [6.07, 6.45) is 3.13. The zero-order chi connectivity index (χ0) is 24.8.